The van der Waals surface area contributed by atoms with Crippen LogP contribution in [0, 0.1) is 13.8 Å². The van der Waals surface area contributed by atoms with Crippen LogP contribution in [0.3, 0.4) is 0 Å². The van der Waals surface area contributed by atoms with Gasteiger partial charge in [-0.05, 0) is 44.2 Å². The molecule has 0 heterocycles. The van der Waals surface area contributed by atoms with Crippen LogP contribution in [0.25, 0.3) is 0 Å². The van der Waals surface area contributed by atoms with Gasteiger partial charge in [-0.2, -0.15) is 0 Å². The smallest absolute Gasteiger partial charge is 0.220 e. The fraction of sp³-hybridized carbons (Fsp3) is 0.588. The Balaban J connectivity index is 1.89. The van der Waals surface area contributed by atoms with Gasteiger partial charge in [0.1, 0.15) is 0 Å². The molecule has 0 radical (unpaired) electrons. The van der Waals surface area contributed by atoms with Crippen LogP contribution in [0.15, 0.2) is 18.2 Å². The Kier molecular flexibility index (Phi) is 4.81. The van der Waals surface area contributed by atoms with E-state index in [1.165, 1.54) is 29.5 Å². The number of rotatable bonds is 5. The lowest BCUT2D eigenvalue weighted by Gasteiger charge is -2.28. The maximum atomic E-state index is 12.1. The van der Waals surface area contributed by atoms with E-state index in [0.29, 0.717) is 13.0 Å². The molecule has 3 nitrogen and oxygen atoms in total. The minimum absolute atomic E-state index is 0.126. The third-order valence-electron chi connectivity index (χ3n) is 4.48. The summed E-state index contributed by atoms with van der Waals surface area (Å²) in [6, 6.07) is 6.41. The summed E-state index contributed by atoms with van der Waals surface area (Å²) in [6.45, 7) is 4.76. The zero-order valence-corrected chi connectivity index (χ0v) is 12.7. The number of amides is 1. The van der Waals surface area contributed by atoms with Gasteiger partial charge in [-0.1, -0.05) is 36.6 Å². The third-order valence-corrected chi connectivity index (χ3v) is 4.48. The van der Waals surface area contributed by atoms with Crippen LogP contribution in [0.2, 0.25) is 0 Å². The van der Waals surface area contributed by atoms with E-state index in [2.05, 4.69) is 37.4 Å². The van der Waals surface area contributed by atoms with E-state index in [0.717, 1.165) is 19.3 Å². The number of nitrogens with one attached hydrogen (secondary N) is 1. The monoisotopic (exact) mass is 274 g/mol. The number of benzene rings is 1. The number of nitrogens with two attached hydrogens (primary N) is 1. The Bertz CT molecular complexity index is 476. The topological polar surface area (TPSA) is 55.1 Å². The lowest BCUT2D eigenvalue weighted by atomic mass is 9.96. The minimum atomic E-state index is -0.126. The Morgan fingerprint density at radius 2 is 2.00 bits per heavy atom. The molecule has 1 aliphatic rings. The molecule has 0 atom stereocenters. The van der Waals surface area contributed by atoms with Gasteiger partial charge >= 0.3 is 0 Å². The second kappa shape index (κ2) is 6.40. The first-order valence-corrected chi connectivity index (χ1v) is 7.62. The van der Waals surface area contributed by atoms with E-state index < -0.39 is 0 Å². The largest absolute Gasteiger partial charge is 0.349 e. The van der Waals surface area contributed by atoms with Crippen molar-refractivity contribution in [3.63, 3.8) is 0 Å². The predicted molar refractivity (Wildman–Crippen MR) is 82.6 cm³/mol. The van der Waals surface area contributed by atoms with Gasteiger partial charge in [0.25, 0.3) is 0 Å². The Hall–Kier alpha value is -1.35. The van der Waals surface area contributed by atoms with Crippen molar-refractivity contribution in [2.24, 2.45) is 5.73 Å². The molecule has 0 aromatic heterocycles. The molecule has 1 saturated carbocycles. The van der Waals surface area contributed by atoms with E-state index >= 15 is 0 Å². The molecular formula is C17H26N2O. The van der Waals surface area contributed by atoms with Crippen molar-refractivity contribution in [1.82, 2.24) is 5.32 Å². The number of carbonyl (C=O) groups is 1. The fourth-order valence-electron chi connectivity index (χ4n) is 3.16. The van der Waals surface area contributed by atoms with Crippen LogP contribution in [-0.2, 0) is 11.2 Å². The quantitative estimate of drug-likeness (QED) is 0.867. The molecule has 1 amide bonds. The summed E-state index contributed by atoms with van der Waals surface area (Å²) in [5, 5.41) is 3.18. The van der Waals surface area contributed by atoms with Crippen LogP contribution in [-0.4, -0.2) is 18.0 Å². The summed E-state index contributed by atoms with van der Waals surface area (Å²) < 4.78 is 0. The summed E-state index contributed by atoms with van der Waals surface area (Å²) in [7, 11) is 0. The molecule has 1 aromatic carbocycles. The predicted octanol–water partition coefficient (Wildman–Crippen LogP) is 2.62. The Morgan fingerprint density at radius 1 is 1.30 bits per heavy atom. The molecular weight excluding hydrogens is 248 g/mol. The van der Waals surface area contributed by atoms with Crippen LogP contribution >= 0.6 is 0 Å². The van der Waals surface area contributed by atoms with Gasteiger partial charge < -0.3 is 11.1 Å². The molecule has 1 aromatic rings. The highest BCUT2D eigenvalue weighted by Gasteiger charge is 2.33. The van der Waals surface area contributed by atoms with E-state index in [1.54, 1.807) is 0 Å². The van der Waals surface area contributed by atoms with Gasteiger partial charge in [-0.25, -0.2) is 0 Å². The highest BCUT2D eigenvalue weighted by molar-refractivity contribution is 5.77. The van der Waals surface area contributed by atoms with Crippen molar-refractivity contribution in [3.8, 4) is 0 Å². The Morgan fingerprint density at radius 3 is 2.60 bits per heavy atom. The summed E-state index contributed by atoms with van der Waals surface area (Å²) in [5.41, 5.74) is 9.53. The molecule has 2 rings (SSSR count). The van der Waals surface area contributed by atoms with Crippen LogP contribution in [0.5, 0.6) is 0 Å². The van der Waals surface area contributed by atoms with Crippen molar-refractivity contribution < 1.29 is 4.79 Å². The van der Waals surface area contributed by atoms with Gasteiger partial charge in [0.15, 0.2) is 0 Å². The first kappa shape index (κ1) is 15.0. The molecule has 0 saturated heterocycles. The van der Waals surface area contributed by atoms with E-state index in [9.17, 15) is 4.79 Å². The van der Waals surface area contributed by atoms with Crippen molar-refractivity contribution in [1.29, 1.82) is 0 Å². The van der Waals surface area contributed by atoms with Gasteiger partial charge in [0.2, 0.25) is 5.91 Å². The number of aryl methyl sites for hydroxylation is 3. The van der Waals surface area contributed by atoms with Gasteiger partial charge in [0.05, 0.1) is 5.54 Å². The molecule has 0 bridgehead atoms. The Labute approximate surface area is 121 Å². The molecule has 3 heteroatoms. The van der Waals surface area contributed by atoms with Gasteiger partial charge in [-0.15, -0.1) is 0 Å². The normalized spacial score (nSPS) is 17.1. The average Bonchev–Trinajstić information content (AvgIpc) is 2.87. The number of hydrogen-bond acceptors (Lipinski definition) is 2. The summed E-state index contributed by atoms with van der Waals surface area (Å²) in [6.07, 6.45) is 5.75. The highest BCUT2D eigenvalue weighted by Crippen LogP contribution is 2.28. The van der Waals surface area contributed by atoms with E-state index in [-0.39, 0.29) is 11.4 Å². The molecule has 1 fully saturated rings. The molecule has 0 unspecified atom stereocenters. The highest BCUT2D eigenvalue weighted by atomic mass is 16.1. The molecule has 110 valence electrons. The minimum Gasteiger partial charge on any atom is -0.349 e. The third kappa shape index (κ3) is 3.60. The molecule has 20 heavy (non-hydrogen) atoms. The standard InChI is InChI=1S/C17H26N2O/c1-13-5-6-15(14(2)11-13)7-8-16(20)19-17(12-18)9-3-4-10-17/h5-6,11H,3-4,7-10,12,18H2,1-2H3,(H,19,20). The first-order valence-electron chi connectivity index (χ1n) is 7.62. The summed E-state index contributed by atoms with van der Waals surface area (Å²) >= 11 is 0. The van der Waals surface area contributed by atoms with Crippen molar-refractivity contribution in [2.45, 2.75) is 57.9 Å². The molecule has 0 spiro atoms. The molecule has 0 aliphatic heterocycles. The number of hydrogen-bond donors (Lipinski definition) is 2. The SMILES string of the molecule is Cc1ccc(CCC(=O)NC2(CN)CCCC2)c(C)c1. The van der Waals surface area contributed by atoms with Crippen molar-refractivity contribution in [2.75, 3.05) is 6.54 Å². The van der Waals surface area contributed by atoms with E-state index in [4.69, 9.17) is 5.73 Å². The van der Waals surface area contributed by atoms with Crippen LogP contribution < -0.4 is 11.1 Å². The molecule has 3 N–H and O–H groups in total. The zero-order valence-electron chi connectivity index (χ0n) is 12.7. The second-order valence-corrected chi connectivity index (χ2v) is 6.17. The number of carbonyl (C=O) groups excluding carboxylic acids is 1. The lowest BCUT2D eigenvalue weighted by Crippen LogP contribution is -2.51. The fourth-order valence-corrected chi connectivity index (χ4v) is 3.16. The molecule has 1 aliphatic carbocycles. The van der Waals surface area contributed by atoms with Gasteiger partial charge in [-0.3, -0.25) is 4.79 Å². The summed E-state index contributed by atoms with van der Waals surface area (Å²) in [5.74, 6) is 0.136. The summed E-state index contributed by atoms with van der Waals surface area (Å²) in [4.78, 5) is 12.1. The zero-order chi connectivity index (χ0) is 14.6. The van der Waals surface area contributed by atoms with Crippen LogP contribution in [0.1, 0.15) is 48.8 Å². The second-order valence-electron chi connectivity index (χ2n) is 6.17. The maximum Gasteiger partial charge on any atom is 0.220 e. The lowest BCUT2D eigenvalue weighted by molar-refractivity contribution is -0.122. The first-order chi connectivity index (χ1) is 9.54. The van der Waals surface area contributed by atoms with E-state index in [1.807, 2.05) is 0 Å². The average molecular weight is 274 g/mol. The maximum absolute atomic E-state index is 12.1. The van der Waals surface area contributed by atoms with Crippen molar-refractivity contribution >= 4 is 5.91 Å². The van der Waals surface area contributed by atoms with Gasteiger partial charge in [0, 0.05) is 13.0 Å². The van der Waals surface area contributed by atoms with Crippen molar-refractivity contribution in [3.05, 3.63) is 34.9 Å². The van der Waals surface area contributed by atoms with Crippen LogP contribution in [0.4, 0.5) is 0 Å².